The highest BCUT2D eigenvalue weighted by Crippen LogP contribution is 2.22. The molecule has 1 aromatic rings. The molecule has 0 unspecified atom stereocenters. The minimum atomic E-state index is -4.66. The molecule has 0 saturated heterocycles. The molecule has 2 nitrogen and oxygen atoms in total. The lowest BCUT2D eigenvalue weighted by Gasteiger charge is -2.08. The van der Waals surface area contributed by atoms with Crippen molar-refractivity contribution in [2.75, 3.05) is 0 Å². The Labute approximate surface area is 95.8 Å². The highest BCUT2D eigenvalue weighted by atomic mass is 32.1. The molecule has 0 aliphatic heterocycles. The van der Waals surface area contributed by atoms with E-state index in [1.807, 2.05) is 0 Å². The van der Waals surface area contributed by atoms with Gasteiger partial charge < -0.3 is 4.74 Å². The topological polar surface area (TPSA) is 21.6 Å². The number of thiocarbonyl (C=S) groups is 1. The summed E-state index contributed by atoms with van der Waals surface area (Å²) in [6.07, 6.45) is -3.20. The van der Waals surface area contributed by atoms with Gasteiger partial charge in [-0.25, -0.2) is 0 Å². The second kappa shape index (κ2) is 5.60. The maximum atomic E-state index is 11.8. The van der Waals surface area contributed by atoms with Crippen LogP contribution in [-0.4, -0.2) is 17.9 Å². The molecule has 0 fully saturated rings. The van der Waals surface area contributed by atoms with Gasteiger partial charge in [-0.05, 0) is 17.7 Å². The van der Waals surface area contributed by atoms with Crippen LogP contribution in [0.5, 0.6) is 5.75 Å². The van der Waals surface area contributed by atoms with E-state index in [2.05, 4.69) is 21.9 Å². The summed E-state index contributed by atoms with van der Waals surface area (Å²) in [5, 5.41) is 1.36. The van der Waals surface area contributed by atoms with E-state index < -0.39 is 6.36 Å². The normalized spacial score (nSPS) is 11.7. The zero-order valence-corrected chi connectivity index (χ0v) is 8.89. The first-order chi connectivity index (χ1) is 7.51. The molecule has 86 valence electrons. The second-order valence-corrected chi connectivity index (χ2v) is 3.09. The highest BCUT2D eigenvalue weighted by molar-refractivity contribution is 7.80. The van der Waals surface area contributed by atoms with Gasteiger partial charge in [-0.2, -0.15) is 0 Å². The Balaban J connectivity index is 2.61. The lowest BCUT2D eigenvalue weighted by Crippen LogP contribution is -2.16. The fourth-order valence-electron chi connectivity index (χ4n) is 0.998. The van der Waals surface area contributed by atoms with E-state index in [0.717, 1.165) is 5.56 Å². The van der Waals surface area contributed by atoms with Crippen molar-refractivity contribution in [3.05, 3.63) is 29.8 Å². The van der Waals surface area contributed by atoms with E-state index >= 15 is 0 Å². The van der Waals surface area contributed by atoms with E-state index in [1.165, 1.54) is 35.8 Å². The number of alkyl halides is 3. The highest BCUT2D eigenvalue weighted by Gasteiger charge is 2.30. The van der Waals surface area contributed by atoms with Crippen molar-refractivity contribution in [3.63, 3.8) is 0 Å². The van der Waals surface area contributed by atoms with Gasteiger partial charge in [0, 0.05) is 11.6 Å². The first-order valence-electron chi connectivity index (χ1n) is 4.29. The van der Waals surface area contributed by atoms with Crippen LogP contribution in [0.3, 0.4) is 0 Å². The van der Waals surface area contributed by atoms with Crippen LogP contribution in [0, 0.1) is 0 Å². The van der Waals surface area contributed by atoms with Crippen LogP contribution in [0.15, 0.2) is 29.3 Å². The molecule has 0 amide bonds. The van der Waals surface area contributed by atoms with Gasteiger partial charge in [0.15, 0.2) is 0 Å². The zero-order chi connectivity index (χ0) is 12.0. The second-order valence-electron chi connectivity index (χ2n) is 2.82. The zero-order valence-electron chi connectivity index (χ0n) is 8.07. The summed E-state index contributed by atoms with van der Waals surface area (Å²) in [4.78, 5) is 3.92. The predicted molar refractivity (Wildman–Crippen MR) is 59.0 cm³/mol. The third-order valence-electron chi connectivity index (χ3n) is 1.60. The van der Waals surface area contributed by atoms with Crippen LogP contribution in [0.2, 0.25) is 0 Å². The van der Waals surface area contributed by atoms with Crippen molar-refractivity contribution in [2.45, 2.75) is 12.9 Å². The SMILES string of the molecule is FC(F)(F)Oc1ccc(CN=CC=S)cc1. The molecule has 1 aromatic carbocycles. The molecule has 0 bridgehead atoms. The first kappa shape index (κ1) is 12.6. The third kappa shape index (κ3) is 4.88. The maximum Gasteiger partial charge on any atom is 0.573 e. The van der Waals surface area contributed by atoms with Crippen LogP contribution in [-0.2, 0) is 6.54 Å². The van der Waals surface area contributed by atoms with Gasteiger partial charge in [0.25, 0.3) is 0 Å². The molecule has 6 heteroatoms. The minimum Gasteiger partial charge on any atom is -0.406 e. The van der Waals surface area contributed by atoms with E-state index in [9.17, 15) is 13.2 Å². The largest absolute Gasteiger partial charge is 0.573 e. The summed E-state index contributed by atoms with van der Waals surface area (Å²) in [5.74, 6) is -0.241. The van der Waals surface area contributed by atoms with Gasteiger partial charge in [0.2, 0.25) is 0 Å². The molecule has 0 aromatic heterocycles. The fourth-order valence-corrected chi connectivity index (χ4v) is 1.08. The third-order valence-corrected chi connectivity index (χ3v) is 1.72. The van der Waals surface area contributed by atoms with Crippen molar-refractivity contribution in [3.8, 4) is 5.75 Å². The number of halogens is 3. The Morgan fingerprint density at radius 2 is 1.88 bits per heavy atom. The summed E-state index contributed by atoms with van der Waals surface area (Å²) < 4.78 is 39.2. The predicted octanol–water partition coefficient (Wildman–Crippen LogP) is 3.16. The van der Waals surface area contributed by atoms with Crippen molar-refractivity contribution in [2.24, 2.45) is 4.99 Å². The average molecular weight is 247 g/mol. The van der Waals surface area contributed by atoms with E-state index in [1.54, 1.807) is 0 Å². The summed E-state index contributed by atoms with van der Waals surface area (Å²) in [5.41, 5.74) is 0.780. The molecular formula is C10H8F3NOS. The van der Waals surface area contributed by atoms with Crippen LogP contribution in [0.4, 0.5) is 13.2 Å². The Hall–Kier alpha value is -1.43. The van der Waals surface area contributed by atoms with Crippen LogP contribution in [0.1, 0.15) is 5.56 Å². The monoisotopic (exact) mass is 247 g/mol. The van der Waals surface area contributed by atoms with E-state index in [0.29, 0.717) is 6.54 Å². The van der Waals surface area contributed by atoms with E-state index in [4.69, 9.17) is 0 Å². The first-order valence-corrected chi connectivity index (χ1v) is 4.76. The van der Waals surface area contributed by atoms with Crippen LogP contribution in [0.25, 0.3) is 0 Å². The van der Waals surface area contributed by atoms with Crippen LogP contribution < -0.4 is 4.74 Å². The molecule has 0 spiro atoms. The maximum absolute atomic E-state index is 11.8. The van der Waals surface area contributed by atoms with Crippen molar-refractivity contribution >= 4 is 23.8 Å². The summed E-state index contributed by atoms with van der Waals surface area (Å²) in [7, 11) is 0. The number of hydrogen-bond acceptors (Lipinski definition) is 3. The molecule has 0 heterocycles. The van der Waals surface area contributed by atoms with Gasteiger partial charge in [-0.1, -0.05) is 24.4 Å². The molecule has 0 N–H and O–H groups in total. The molecule has 0 saturated carbocycles. The number of rotatable bonds is 4. The average Bonchev–Trinajstić information content (AvgIpc) is 2.19. The molecule has 0 radical (unpaired) electrons. The Morgan fingerprint density at radius 3 is 2.38 bits per heavy atom. The lowest BCUT2D eigenvalue weighted by molar-refractivity contribution is -0.274. The summed E-state index contributed by atoms with van der Waals surface area (Å²) >= 11 is 4.53. The Morgan fingerprint density at radius 1 is 1.25 bits per heavy atom. The smallest absolute Gasteiger partial charge is 0.406 e. The Kier molecular flexibility index (Phi) is 4.42. The van der Waals surface area contributed by atoms with Crippen molar-refractivity contribution in [1.29, 1.82) is 0 Å². The number of aliphatic imine (C=N–C) groups is 1. The lowest BCUT2D eigenvalue weighted by atomic mass is 10.2. The van der Waals surface area contributed by atoms with Crippen LogP contribution >= 0.6 is 12.2 Å². The number of ether oxygens (including phenoxy) is 1. The minimum absolute atomic E-state index is 0.241. The van der Waals surface area contributed by atoms with Gasteiger partial charge in [-0.15, -0.1) is 13.2 Å². The Bertz CT molecular complexity index is 373. The molecule has 16 heavy (non-hydrogen) atoms. The number of nitrogens with zero attached hydrogens (tertiary/aromatic N) is 1. The van der Waals surface area contributed by atoms with Gasteiger partial charge in [0.05, 0.1) is 6.54 Å². The standard InChI is InChI=1S/C10H8F3NOS/c11-10(12,13)15-9-3-1-8(2-4-9)7-14-5-6-16/h1-6H,7H2. The molecule has 0 aliphatic rings. The van der Waals surface area contributed by atoms with Gasteiger partial charge in [-0.3, -0.25) is 4.99 Å². The van der Waals surface area contributed by atoms with Gasteiger partial charge >= 0.3 is 6.36 Å². The number of hydrogen-bond donors (Lipinski definition) is 0. The van der Waals surface area contributed by atoms with E-state index in [-0.39, 0.29) is 5.75 Å². The van der Waals surface area contributed by atoms with Crippen molar-refractivity contribution in [1.82, 2.24) is 0 Å². The molecule has 0 aliphatic carbocycles. The fraction of sp³-hybridized carbons (Fsp3) is 0.200. The molecule has 1 rings (SSSR count). The summed E-state index contributed by atoms with van der Waals surface area (Å²) in [6, 6.07) is 5.52. The summed E-state index contributed by atoms with van der Waals surface area (Å²) in [6.45, 7) is 0.374. The van der Waals surface area contributed by atoms with Gasteiger partial charge in [0.1, 0.15) is 5.75 Å². The molecule has 0 atom stereocenters. The van der Waals surface area contributed by atoms with Crippen molar-refractivity contribution < 1.29 is 17.9 Å². The number of benzene rings is 1. The quantitative estimate of drug-likeness (QED) is 0.602. The molecular weight excluding hydrogens is 239 g/mol.